The molecule has 2 N–H and O–H groups in total. The fraction of sp³-hybridized carbons (Fsp3) is 0.267. The van der Waals surface area contributed by atoms with Crippen LogP contribution < -0.4 is 15.5 Å². The first kappa shape index (κ1) is 25.9. The highest BCUT2D eigenvalue weighted by atomic mass is 16.2. The molecule has 0 bridgehead atoms. The van der Waals surface area contributed by atoms with E-state index in [2.05, 4.69) is 21.6 Å². The van der Waals surface area contributed by atoms with Gasteiger partial charge < -0.3 is 25.3 Å². The van der Waals surface area contributed by atoms with Crippen molar-refractivity contribution in [3.05, 3.63) is 95.1 Å². The molecule has 2 fully saturated rings. The molecular weight excluding hydrogens is 492 g/mol. The van der Waals surface area contributed by atoms with Crippen LogP contribution in [0.3, 0.4) is 0 Å². The maximum absolute atomic E-state index is 13.2. The molecule has 2 saturated heterocycles. The molecule has 3 amide bonds. The smallest absolute Gasteiger partial charge is 0.255 e. The predicted molar refractivity (Wildman–Crippen MR) is 149 cm³/mol. The van der Waals surface area contributed by atoms with Gasteiger partial charge in [-0.25, -0.2) is 0 Å². The maximum Gasteiger partial charge on any atom is 0.255 e. The SMILES string of the molecule is N#Cc1ccc(C(=O)N2CCN(c3ccc(C(=O)N4CCNCC4)cc3NC(=O)c3ccccc3)CC2)cc1. The summed E-state index contributed by atoms with van der Waals surface area (Å²) < 4.78 is 0. The third-order valence-electron chi connectivity index (χ3n) is 7.10. The molecule has 0 spiro atoms. The molecule has 0 unspecified atom stereocenters. The van der Waals surface area contributed by atoms with Gasteiger partial charge in [0.15, 0.2) is 0 Å². The number of anilines is 2. The number of nitrogens with one attached hydrogen (secondary N) is 2. The topological polar surface area (TPSA) is 109 Å². The normalized spacial score (nSPS) is 15.4. The van der Waals surface area contributed by atoms with Gasteiger partial charge in [-0.2, -0.15) is 5.26 Å². The van der Waals surface area contributed by atoms with Crippen molar-refractivity contribution in [1.29, 1.82) is 5.26 Å². The highest BCUT2D eigenvalue weighted by Gasteiger charge is 2.26. The Balaban J connectivity index is 1.35. The summed E-state index contributed by atoms with van der Waals surface area (Å²) in [6.07, 6.45) is 0. The maximum atomic E-state index is 13.2. The van der Waals surface area contributed by atoms with Crippen LogP contribution in [-0.4, -0.2) is 79.9 Å². The van der Waals surface area contributed by atoms with E-state index in [0.717, 1.165) is 18.8 Å². The Hall–Kier alpha value is -4.68. The van der Waals surface area contributed by atoms with Crippen LogP contribution in [0.4, 0.5) is 11.4 Å². The second kappa shape index (κ2) is 11.8. The van der Waals surface area contributed by atoms with Crippen molar-refractivity contribution in [2.75, 3.05) is 62.6 Å². The zero-order valence-electron chi connectivity index (χ0n) is 21.6. The second-order valence-electron chi connectivity index (χ2n) is 9.56. The zero-order chi connectivity index (χ0) is 27.2. The molecule has 0 saturated carbocycles. The number of piperazine rings is 2. The fourth-order valence-corrected chi connectivity index (χ4v) is 4.90. The molecule has 2 heterocycles. The molecule has 9 nitrogen and oxygen atoms in total. The van der Waals surface area contributed by atoms with Crippen molar-refractivity contribution >= 4 is 29.1 Å². The Kier molecular flexibility index (Phi) is 7.85. The van der Waals surface area contributed by atoms with Crippen LogP contribution >= 0.6 is 0 Å². The van der Waals surface area contributed by atoms with Crippen molar-refractivity contribution in [3.63, 3.8) is 0 Å². The van der Waals surface area contributed by atoms with E-state index in [0.29, 0.717) is 67.2 Å². The summed E-state index contributed by atoms with van der Waals surface area (Å²) in [4.78, 5) is 45.0. The Morgan fingerprint density at radius 1 is 0.718 bits per heavy atom. The molecule has 39 heavy (non-hydrogen) atoms. The fourth-order valence-electron chi connectivity index (χ4n) is 4.90. The first-order valence-corrected chi connectivity index (χ1v) is 13.1. The Labute approximate surface area is 227 Å². The van der Waals surface area contributed by atoms with Gasteiger partial charge >= 0.3 is 0 Å². The van der Waals surface area contributed by atoms with Gasteiger partial charge in [-0.05, 0) is 54.6 Å². The van der Waals surface area contributed by atoms with Crippen molar-refractivity contribution in [2.24, 2.45) is 0 Å². The van der Waals surface area contributed by atoms with Crippen LogP contribution in [0.2, 0.25) is 0 Å². The van der Waals surface area contributed by atoms with Crippen LogP contribution in [0.1, 0.15) is 36.6 Å². The average Bonchev–Trinajstić information content (AvgIpc) is 3.01. The molecule has 2 aliphatic heterocycles. The third-order valence-corrected chi connectivity index (χ3v) is 7.10. The van der Waals surface area contributed by atoms with E-state index in [1.165, 1.54) is 0 Å². The van der Waals surface area contributed by atoms with E-state index < -0.39 is 0 Å². The van der Waals surface area contributed by atoms with Crippen LogP contribution in [0.15, 0.2) is 72.8 Å². The first-order valence-electron chi connectivity index (χ1n) is 13.1. The van der Waals surface area contributed by atoms with Gasteiger partial charge in [-0.3, -0.25) is 14.4 Å². The summed E-state index contributed by atoms with van der Waals surface area (Å²) in [6.45, 7) is 4.95. The monoisotopic (exact) mass is 522 g/mol. The van der Waals surface area contributed by atoms with Crippen LogP contribution in [0.25, 0.3) is 0 Å². The number of nitrogens with zero attached hydrogens (tertiary/aromatic N) is 4. The minimum absolute atomic E-state index is 0.0592. The molecular formula is C30H30N6O3. The van der Waals surface area contributed by atoms with Crippen LogP contribution in [-0.2, 0) is 0 Å². The van der Waals surface area contributed by atoms with Gasteiger partial charge in [-0.15, -0.1) is 0 Å². The van der Waals surface area contributed by atoms with Crippen molar-refractivity contribution < 1.29 is 14.4 Å². The highest BCUT2D eigenvalue weighted by Crippen LogP contribution is 2.30. The average molecular weight is 523 g/mol. The van der Waals surface area contributed by atoms with Gasteiger partial charge in [0.1, 0.15) is 0 Å². The summed E-state index contributed by atoms with van der Waals surface area (Å²) in [5, 5.41) is 15.3. The Bertz CT molecular complexity index is 1390. The third kappa shape index (κ3) is 5.92. The summed E-state index contributed by atoms with van der Waals surface area (Å²) in [6, 6.07) is 23.1. The predicted octanol–water partition coefficient (Wildman–Crippen LogP) is 2.82. The molecule has 3 aromatic rings. The standard InChI is InChI=1S/C30H30N6O3/c31-21-22-6-8-24(9-7-22)29(38)36-18-16-34(17-19-36)27-11-10-25(30(39)35-14-12-32-13-15-35)20-26(27)33-28(37)23-4-2-1-3-5-23/h1-11,20,32H,12-19H2,(H,33,37). The molecule has 0 aliphatic carbocycles. The van der Waals surface area contributed by atoms with Crippen LogP contribution in [0, 0.1) is 11.3 Å². The van der Waals surface area contributed by atoms with Crippen LogP contribution in [0.5, 0.6) is 0 Å². The highest BCUT2D eigenvalue weighted by molar-refractivity contribution is 6.07. The lowest BCUT2D eigenvalue weighted by molar-refractivity contribution is 0.0731. The van der Waals surface area contributed by atoms with Crippen molar-refractivity contribution in [2.45, 2.75) is 0 Å². The number of carbonyl (C=O) groups excluding carboxylic acids is 3. The van der Waals surface area contributed by atoms with E-state index in [9.17, 15) is 14.4 Å². The van der Waals surface area contributed by atoms with Crippen molar-refractivity contribution in [1.82, 2.24) is 15.1 Å². The number of rotatable bonds is 5. The molecule has 198 valence electrons. The largest absolute Gasteiger partial charge is 0.366 e. The molecule has 2 aliphatic rings. The summed E-state index contributed by atoms with van der Waals surface area (Å²) in [5.41, 5.74) is 3.49. The number of amides is 3. The summed E-state index contributed by atoms with van der Waals surface area (Å²) in [5.74, 6) is -0.386. The second-order valence-corrected chi connectivity index (χ2v) is 9.56. The minimum atomic E-state index is -0.252. The molecule has 0 atom stereocenters. The molecule has 5 rings (SSSR count). The van der Waals surface area contributed by atoms with E-state index in [1.807, 2.05) is 35.2 Å². The molecule has 0 radical (unpaired) electrons. The molecule has 0 aromatic heterocycles. The Morgan fingerprint density at radius 2 is 1.33 bits per heavy atom. The lowest BCUT2D eigenvalue weighted by atomic mass is 10.1. The van der Waals surface area contributed by atoms with Gasteiger partial charge in [0, 0.05) is 69.0 Å². The van der Waals surface area contributed by atoms with Gasteiger partial charge in [-0.1, -0.05) is 18.2 Å². The lowest BCUT2D eigenvalue weighted by Crippen LogP contribution is -2.49. The van der Waals surface area contributed by atoms with Gasteiger partial charge in [0.2, 0.25) is 0 Å². The number of carbonyl (C=O) groups is 3. The summed E-state index contributed by atoms with van der Waals surface area (Å²) in [7, 11) is 0. The zero-order valence-corrected chi connectivity index (χ0v) is 21.6. The number of benzene rings is 3. The number of hydrogen-bond donors (Lipinski definition) is 2. The summed E-state index contributed by atoms with van der Waals surface area (Å²) >= 11 is 0. The number of nitriles is 1. The van der Waals surface area contributed by atoms with Gasteiger partial charge in [0.05, 0.1) is 23.0 Å². The molecule has 3 aromatic carbocycles. The lowest BCUT2D eigenvalue weighted by Gasteiger charge is -2.37. The Morgan fingerprint density at radius 3 is 2.00 bits per heavy atom. The van der Waals surface area contributed by atoms with Gasteiger partial charge in [0.25, 0.3) is 17.7 Å². The van der Waals surface area contributed by atoms with E-state index in [1.54, 1.807) is 47.4 Å². The first-order chi connectivity index (χ1) is 19.0. The van der Waals surface area contributed by atoms with E-state index in [-0.39, 0.29) is 17.7 Å². The van der Waals surface area contributed by atoms with Crippen molar-refractivity contribution in [3.8, 4) is 6.07 Å². The minimum Gasteiger partial charge on any atom is -0.366 e. The number of hydrogen-bond acceptors (Lipinski definition) is 6. The van der Waals surface area contributed by atoms with E-state index in [4.69, 9.17) is 5.26 Å². The molecule has 9 heteroatoms. The van der Waals surface area contributed by atoms with E-state index >= 15 is 0 Å². The quantitative estimate of drug-likeness (QED) is 0.534.